The third kappa shape index (κ3) is 3.07. The van der Waals surface area contributed by atoms with Gasteiger partial charge >= 0.3 is 5.69 Å². The molecule has 0 amide bonds. The fraction of sp³-hybridized carbons (Fsp3) is 0.143. The van der Waals surface area contributed by atoms with Crippen molar-refractivity contribution >= 4 is 17.3 Å². The summed E-state index contributed by atoms with van der Waals surface area (Å²) in [6.07, 6.45) is -0.646. The summed E-state index contributed by atoms with van der Waals surface area (Å²) in [6.45, 7) is 1.62. The molecule has 0 radical (unpaired) electrons. The van der Waals surface area contributed by atoms with Crippen molar-refractivity contribution in [3.05, 3.63) is 63.2 Å². The molecule has 0 spiro atoms. The summed E-state index contributed by atoms with van der Waals surface area (Å²) in [5.41, 5.74) is 0.507. The molecule has 0 aromatic heterocycles. The standard InChI is InChI=1S/C14H12ClNO4/c1-9(17)10-6-7-13(11(15)8-10)20-14-5-3-2-4-12(14)16(18)19/h2-9,17H,1H3/t9-/m1/s1. The number of nitro benzene ring substituents is 1. The second-order valence-corrected chi connectivity index (χ2v) is 4.60. The second-order valence-electron chi connectivity index (χ2n) is 4.19. The fourth-order valence-electron chi connectivity index (χ4n) is 1.67. The van der Waals surface area contributed by atoms with Crippen LogP contribution in [0.4, 0.5) is 5.69 Å². The lowest BCUT2D eigenvalue weighted by molar-refractivity contribution is -0.385. The van der Waals surface area contributed by atoms with E-state index in [9.17, 15) is 15.2 Å². The Balaban J connectivity index is 2.33. The van der Waals surface area contributed by atoms with E-state index in [0.717, 1.165) is 0 Å². The first kappa shape index (κ1) is 14.3. The maximum absolute atomic E-state index is 10.9. The van der Waals surface area contributed by atoms with Gasteiger partial charge < -0.3 is 9.84 Å². The SMILES string of the molecule is C[C@@H](O)c1ccc(Oc2ccccc2[N+](=O)[O-])c(Cl)c1. The van der Waals surface area contributed by atoms with E-state index in [0.29, 0.717) is 11.3 Å². The van der Waals surface area contributed by atoms with E-state index in [1.54, 1.807) is 37.3 Å². The minimum atomic E-state index is -0.646. The van der Waals surface area contributed by atoms with Crippen molar-refractivity contribution in [3.63, 3.8) is 0 Å². The summed E-state index contributed by atoms with van der Waals surface area (Å²) < 4.78 is 5.48. The Bertz CT molecular complexity index is 643. The Morgan fingerprint density at radius 3 is 2.55 bits per heavy atom. The monoisotopic (exact) mass is 293 g/mol. The molecule has 0 aliphatic heterocycles. The predicted octanol–water partition coefficient (Wildman–Crippen LogP) is 4.09. The molecule has 0 saturated heterocycles. The van der Waals surface area contributed by atoms with E-state index >= 15 is 0 Å². The summed E-state index contributed by atoms with van der Waals surface area (Å²) >= 11 is 6.05. The van der Waals surface area contributed by atoms with E-state index in [1.165, 1.54) is 12.1 Å². The van der Waals surface area contributed by atoms with Crippen LogP contribution in [0.3, 0.4) is 0 Å². The molecule has 0 unspecified atom stereocenters. The molecule has 0 heterocycles. The number of nitro groups is 1. The lowest BCUT2D eigenvalue weighted by atomic mass is 10.1. The Morgan fingerprint density at radius 2 is 1.95 bits per heavy atom. The minimum absolute atomic E-state index is 0.115. The van der Waals surface area contributed by atoms with Crippen LogP contribution in [0.2, 0.25) is 5.02 Å². The molecular formula is C14H12ClNO4. The fourth-order valence-corrected chi connectivity index (χ4v) is 1.90. The van der Waals surface area contributed by atoms with Gasteiger partial charge in [0.2, 0.25) is 5.75 Å². The van der Waals surface area contributed by atoms with Gasteiger partial charge in [0.15, 0.2) is 0 Å². The normalized spacial score (nSPS) is 11.9. The molecule has 0 saturated carbocycles. The summed E-state index contributed by atoms with van der Waals surface area (Å²) in [6, 6.07) is 10.8. The smallest absolute Gasteiger partial charge is 0.311 e. The van der Waals surface area contributed by atoms with Crippen molar-refractivity contribution in [3.8, 4) is 11.5 Å². The van der Waals surface area contributed by atoms with E-state index in [4.69, 9.17) is 16.3 Å². The third-order valence-corrected chi connectivity index (χ3v) is 3.02. The van der Waals surface area contributed by atoms with E-state index in [2.05, 4.69) is 0 Å². The van der Waals surface area contributed by atoms with Gasteiger partial charge in [-0.15, -0.1) is 0 Å². The Morgan fingerprint density at radius 1 is 1.25 bits per heavy atom. The number of nitrogens with zero attached hydrogens (tertiary/aromatic N) is 1. The molecule has 0 bridgehead atoms. The number of halogens is 1. The van der Waals surface area contributed by atoms with Crippen LogP contribution < -0.4 is 4.74 Å². The van der Waals surface area contributed by atoms with Gasteiger partial charge in [0.1, 0.15) is 5.75 Å². The molecule has 1 N–H and O–H groups in total. The lowest BCUT2D eigenvalue weighted by Crippen LogP contribution is -1.95. The maximum Gasteiger partial charge on any atom is 0.311 e. The number of rotatable bonds is 4. The number of hydrogen-bond acceptors (Lipinski definition) is 4. The number of hydrogen-bond donors (Lipinski definition) is 1. The van der Waals surface area contributed by atoms with Gasteiger partial charge in [-0.05, 0) is 30.7 Å². The highest BCUT2D eigenvalue weighted by Crippen LogP contribution is 2.35. The van der Waals surface area contributed by atoms with Gasteiger partial charge in [0, 0.05) is 6.07 Å². The molecule has 2 rings (SSSR count). The Hall–Kier alpha value is -2.11. The van der Waals surface area contributed by atoms with Crippen LogP contribution >= 0.6 is 11.6 Å². The first-order valence-electron chi connectivity index (χ1n) is 5.88. The Kier molecular flexibility index (Phi) is 4.22. The van der Waals surface area contributed by atoms with Crippen molar-refractivity contribution in [2.75, 3.05) is 0 Å². The molecule has 0 fully saturated rings. The Labute approximate surface area is 120 Å². The average molecular weight is 294 g/mol. The molecule has 0 aliphatic rings. The van der Waals surface area contributed by atoms with Gasteiger partial charge in [-0.25, -0.2) is 0 Å². The van der Waals surface area contributed by atoms with E-state index < -0.39 is 11.0 Å². The highest BCUT2D eigenvalue weighted by Gasteiger charge is 2.16. The first-order chi connectivity index (χ1) is 9.49. The predicted molar refractivity (Wildman–Crippen MR) is 75.3 cm³/mol. The zero-order valence-electron chi connectivity index (χ0n) is 10.6. The number of ether oxygens (including phenoxy) is 1. The molecule has 1 atom stereocenters. The van der Waals surface area contributed by atoms with Gasteiger partial charge in [-0.1, -0.05) is 29.8 Å². The molecular weight excluding hydrogens is 282 g/mol. The molecule has 2 aromatic rings. The zero-order valence-corrected chi connectivity index (χ0v) is 11.4. The van der Waals surface area contributed by atoms with Gasteiger partial charge in [0.05, 0.1) is 16.0 Å². The van der Waals surface area contributed by atoms with Crippen molar-refractivity contribution in [1.29, 1.82) is 0 Å². The summed E-state index contributed by atoms with van der Waals surface area (Å²) in [5.74, 6) is 0.412. The molecule has 6 heteroatoms. The van der Waals surface area contributed by atoms with Gasteiger partial charge in [-0.2, -0.15) is 0 Å². The average Bonchev–Trinajstić information content (AvgIpc) is 2.41. The molecule has 2 aromatic carbocycles. The van der Waals surface area contributed by atoms with Crippen molar-refractivity contribution in [2.24, 2.45) is 0 Å². The topological polar surface area (TPSA) is 72.6 Å². The highest BCUT2D eigenvalue weighted by molar-refractivity contribution is 6.32. The van der Waals surface area contributed by atoms with Crippen LogP contribution in [0.5, 0.6) is 11.5 Å². The van der Waals surface area contributed by atoms with Crippen LogP contribution in [-0.4, -0.2) is 10.0 Å². The van der Waals surface area contributed by atoms with Crippen LogP contribution in [0.15, 0.2) is 42.5 Å². The summed E-state index contributed by atoms with van der Waals surface area (Å²) in [5, 5.41) is 20.6. The van der Waals surface area contributed by atoms with E-state index in [1.807, 2.05) is 0 Å². The van der Waals surface area contributed by atoms with Crippen LogP contribution in [0.25, 0.3) is 0 Å². The second kappa shape index (κ2) is 5.90. The maximum atomic E-state index is 10.9. The summed E-state index contributed by atoms with van der Waals surface area (Å²) in [4.78, 5) is 10.4. The summed E-state index contributed by atoms with van der Waals surface area (Å²) in [7, 11) is 0. The number of para-hydroxylation sites is 2. The van der Waals surface area contributed by atoms with Crippen molar-refractivity contribution in [2.45, 2.75) is 13.0 Å². The number of benzene rings is 2. The van der Waals surface area contributed by atoms with Crippen LogP contribution in [0.1, 0.15) is 18.6 Å². The van der Waals surface area contributed by atoms with Gasteiger partial charge in [-0.3, -0.25) is 10.1 Å². The molecule has 5 nitrogen and oxygen atoms in total. The molecule has 104 valence electrons. The number of aliphatic hydroxyl groups is 1. The lowest BCUT2D eigenvalue weighted by Gasteiger charge is -2.10. The molecule has 20 heavy (non-hydrogen) atoms. The quantitative estimate of drug-likeness (QED) is 0.680. The largest absolute Gasteiger partial charge is 0.449 e. The van der Waals surface area contributed by atoms with E-state index in [-0.39, 0.29) is 16.5 Å². The third-order valence-electron chi connectivity index (χ3n) is 2.72. The zero-order chi connectivity index (χ0) is 14.7. The highest BCUT2D eigenvalue weighted by atomic mass is 35.5. The van der Waals surface area contributed by atoms with Gasteiger partial charge in [0.25, 0.3) is 0 Å². The minimum Gasteiger partial charge on any atom is -0.449 e. The van der Waals surface area contributed by atoms with Crippen molar-refractivity contribution < 1.29 is 14.8 Å². The number of aliphatic hydroxyl groups excluding tert-OH is 1. The first-order valence-corrected chi connectivity index (χ1v) is 6.25. The molecule has 0 aliphatic carbocycles. The van der Waals surface area contributed by atoms with Crippen molar-refractivity contribution in [1.82, 2.24) is 0 Å². The van der Waals surface area contributed by atoms with Crippen LogP contribution in [0, 0.1) is 10.1 Å². The van der Waals surface area contributed by atoms with Crippen LogP contribution in [-0.2, 0) is 0 Å².